The zero-order valence-electron chi connectivity index (χ0n) is 13.7. The molecular formula is C18H26O5. The largest absolute Gasteiger partial charge is 0.507 e. The Morgan fingerprint density at radius 2 is 1.70 bits per heavy atom. The van der Waals surface area contributed by atoms with Crippen molar-refractivity contribution in [2.24, 2.45) is 0 Å². The Morgan fingerprint density at radius 1 is 1.04 bits per heavy atom. The van der Waals surface area contributed by atoms with Crippen LogP contribution in [-0.4, -0.2) is 28.6 Å². The van der Waals surface area contributed by atoms with E-state index in [2.05, 4.69) is 6.92 Å². The van der Waals surface area contributed by atoms with Crippen molar-refractivity contribution in [2.45, 2.75) is 58.3 Å². The van der Waals surface area contributed by atoms with Crippen molar-refractivity contribution >= 4 is 11.8 Å². The molecule has 0 spiro atoms. The molecule has 0 aliphatic carbocycles. The summed E-state index contributed by atoms with van der Waals surface area (Å²) in [6, 6.07) is 4.26. The molecule has 0 bridgehead atoms. The monoisotopic (exact) mass is 322 g/mol. The summed E-state index contributed by atoms with van der Waals surface area (Å²) < 4.78 is 4.96. The lowest BCUT2D eigenvalue weighted by Crippen LogP contribution is -2.09. The Morgan fingerprint density at radius 3 is 2.30 bits per heavy atom. The van der Waals surface area contributed by atoms with Gasteiger partial charge in [-0.25, -0.2) is 4.79 Å². The molecule has 0 heterocycles. The van der Waals surface area contributed by atoms with E-state index in [9.17, 15) is 14.7 Å². The van der Waals surface area contributed by atoms with E-state index in [1.165, 1.54) is 43.9 Å². The van der Waals surface area contributed by atoms with Crippen LogP contribution in [0.25, 0.3) is 0 Å². The third-order valence-electron chi connectivity index (χ3n) is 3.64. The normalized spacial score (nSPS) is 10.5. The Hall–Kier alpha value is -2.04. The molecule has 23 heavy (non-hydrogen) atoms. The number of ketones is 1. The van der Waals surface area contributed by atoms with E-state index >= 15 is 0 Å². The number of aromatic hydroxyl groups is 1. The first-order chi connectivity index (χ1) is 11.0. The van der Waals surface area contributed by atoms with Crippen molar-refractivity contribution < 1.29 is 24.5 Å². The number of hydrogen-bond donors (Lipinski definition) is 2. The van der Waals surface area contributed by atoms with E-state index in [1.54, 1.807) is 0 Å². The summed E-state index contributed by atoms with van der Waals surface area (Å²) in [6.45, 7) is 1.70. The molecule has 0 saturated carbocycles. The van der Waals surface area contributed by atoms with Crippen LogP contribution in [0, 0.1) is 0 Å². The molecule has 0 atom stereocenters. The van der Waals surface area contributed by atoms with Gasteiger partial charge < -0.3 is 14.9 Å². The third-order valence-corrected chi connectivity index (χ3v) is 3.64. The number of hydrogen-bond acceptors (Lipinski definition) is 4. The van der Waals surface area contributed by atoms with Crippen LogP contribution in [0.15, 0.2) is 18.2 Å². The Balaban J connectivity index is 2.36. The lowest BCUT2D eigenvalue weighted by atomic mass is 10.0. The first-order valence-electron chi connectivity index (χ1n) is 8.25. The van der Waals surface area contributed by atoms with Crippen LogP contribution >= 0.6 is 0 Å². The molecule has 5 nitrogen and oxygen atoms in total. The molecule has 0 aromatic heterocycles. The van der Waals surface area contributed by atoms with E-state index in [1.807, 2.05) is 0 Å². The second-order valence-electron chi connectivity index (χ2n) is 5.66. The van der Waals surface area contributed by atoms with Crippen molar-refractivity contribution in [3.63, 3.8) is 0 Å². The summed E-state index contributed by atoms with van der Waals surface area (Å²) in [5.74, 6) is -1.12. The maximum Gasteiger partial charge on any atom is 0.341 e. The van der Waals surface area contributed by atoms with Crippen LogP contribution in [0.1, 0.15) is 68.6 Å². The summed E-state index contributed by atoms with van der Waals surface area (Å²) in [5.41, 5.74) is 0.263. The molecule has 1 aromatic rings. The average molecular weight is 322 g/mol. The molecule has 128 valence electrons. The molecule has 5 heteroatoms. The summed E-state index contributed by atoms with van der Waals surface area (Å²) in [4.78, 5) is 22.5. The Bertz CT molecular complexity index is 510. The zero-order chi connectivity index (χ0) is 17.1. The molecule has 0 aliphatic rings. The van der Waals surface area contributed by atoms with Gasteiger partial charge in [0.05, 0.1) is 5.56 Å². The number of carbonyl (C=O) groups excluding carboxylic acids is 1. The Kier molecular flexibility index (Phi) is 8.80. The fourth-order valence-electron chi connectivity index (χ4n) is 2.36. The number of Topliss-reactive ketones (excluding diaryl/α,β-unsaturated/α-hetero) is 1. The lowest BCUT2D eigenvalue weighted by molar-refractivity contribution is -0.139. The predicted molar refractivity (Wildman–Crippen MR) is 88.2 cm³/mol. The lowest BCUT2D eigenvalue weighted by Gasteiger charge is -2.07. The maximum atomic E-state index is 12.1. The van der Waals surface area contributed by atoms with Crippen molar-refractivity contribution in [3.8, 4) is 11.5 Å². The number of phenolic OH excluding ortho intramolecular Hbond substituents is 1. The van der Waals surface area contributed by atoms with E-state index in [0.717, 1.165) is 19.3 Å². The highest BCUT2D eigenvalue weighted by atomic mass is 16.5. The number of carboxylic acid groups (broad SMARTS) is 1. The predicted octanol–water partition coefficient (Wildman–Crippen LogP) is 4.18. The van der Waals surface area contributed by atoms with Gasteiger partial charge in [0.25, 0.3) is 0 Å². The van der Waals surface area contributed by atoms with Crippen molar-refractivity contribution in [3.05, 3.63) is 23.8 Å². The standard InChI is InChI=1S/C18H26O5/c1-2-3-4-5-6-7-8-9-16(19)15-11-10-14(12-17(15)20)23-13-18(21)22/h10-12,20H,2-9,13H2,1H3,(H,21,22). The van der Waals surface area contributed by atoms with Gasteiger partial charge in [-0.15, -0.1) is 0 Å². The van der Waals surface area contributed by atoms with Gasteiger partial charge >= 0.3 is 5.97 Å². The van der Waals surface area contributed by atoms with Crippen LogP contribution in [0.4, 0.5) is 0 Å². The van der Waals surface area contributed by atoms with Crippen molar-refractivity contribution in [1.82, 2.24) is 0 Å². The van der Waals surface area contributed by atoms with Crippen LogP contribution in [0.3, 0.4) is 0 Å². The molecule has 0 aliphatic heterocycles. The van der Waals surface area contributed by atoms with Crippen molar-refractivity contribution in [1.29, 1.82) is 0 Å². The molecule has 0 radical (unpaired) electrons. The van der Waals surface area contributed by atoms with Crippen LogP contribution in [0.5, 0.6) is 11.5 Å². The molecule has 0 amide bonds. The Labute approximate surface area is 137 Å². The minimum atomic E-state index is -1.09. The topological polar surface area (TPSA) is 83.8 Å². The van der Waals surface area contributed by atoms with Crippen LogP contribution < -0.4 is 4.74 Å². The summed E-state index contributed by atoms with van der Waals surface area (Å²) in [7, 11) is 0. The van der Waals surface area contributed by atoms with Crippen molar-refractivity contribution in [2.75, 3.05) is 6.61 Å². The molecule has 0 unspecified atom stereocenters. The number of carbonyl (C=O) groups is 2. The number of benzene rings is 1. The molecule has 1 rings (SSSR count). The number of carboxylic acids is 1. The highest BCUT2D eigenvalue weighted by Gasteiger charge is 2.12. The molecular weight excluding hydrogens is 296 g/mol. The van der Waals surface area contributed by atoms with Gasteiger partial charge in [0.2, 0.25) is 0 Å². The van der Waals surface area contributed by atoms with Gasteiger partial charge in [-0.1, -0.05) is 45.4 Å². The fraction of sp³-hybridized carbons (Fsp3) is 0.556. The molecule has 2 N–H and O–H groups in total. The summed E-state index contributed by atoms with van der Waals surface area (Å²) >= 11 is 0. The van der Waals surface area contributed by atoms with Gasteiger partial charge in [0.15, 0.2) is 12.4 Å². The summed E-state index contributed by atoms with van der Waals surface area (Å²) in [6.07, 6.45) is 8.36. The molecule has 1 aromatic carbocycles. The maximum absolute atomic E-state index is 12.1. The first-order valence-corrected chi connectivity index (χ1v) is 8.25. The van der Waals surface area contributed by atoms with Gasteiger partial charge in [-0.3, -0.25) is 4.79 Å². The van der Waals surface area contributed by atoms with Crippen LogP contribution in [0.2, 0.25) is 0 Å². The highest BCUT2D eigenvalue weighted by Crippen LogP contribution is 2.25. The van der Waals surface area contributed by atoms with E-state index < -0.39 is 12.6 Å². The fourth-order valence-corrected chi connectivity index (χ4v) is 2.36. The van der Waals surface area contributed by atoms with Gasteiger partial charge in [-0.2, -0.15) is 0 Å². The number of phenols is 1. The smallest absolute Gasteiger partial charge is 0.341 e. The van der Waals surface area contributed by atoms with Crippen LogP contribution in [-0.2, 0) is 4.79 Å². The quantitative estimate of drug-likeness (QED) is 0.445. The van der Waals surface area contributed by atoms with E-state index in [-0.39, 0.29) is 22.8 Å². The number of aliphatic carboxylic acids is 1. The minimum Gasteiger partial charge on any atom is -0.507 e. The third kappa shape index (κ3) is 7.68. The molecule has 0 saturated heterocycles. The molecule has 0 fully saturated rings. The number of ether oxygens (including phenoxy) is 1. The second kappa shape index (κ2) is 10.6. The van der Waals surface area contributed by atoms with Gasteiger partial charge in [-0.05, 0) is 18.6 Å². The summed E-state index contributed by atoms with van der Waals surface area (Å²) in [5, 5.41) is 18.4. The average Bonchev–Trinajstić information content (AvgIpc) is 2.52. The van der Waals surface area contributed by atoms with Gasteiger partial charge in [0.1, 0.15) is 11.5 Å². The van der Waals surface area contributed by atoms with E-state index in [0.29, 0.717) is 6.42 Å². The SMILES string of the molecule is CCCCCCCCCC(=O)c1ccc(OCC(=O)O)cc1O. The van der Waals surface area contributed by atoms with E-state index in [4.69, 9.17) is 9.84 Å². The highest BCUT2D eigenvalue weighted by molar-refractivity contribution is 5.98. The number of unbranched alkanes of at least 4 members (excludes halogenated alkanes) is 6. The first kappa shape index (κ1) is 19.0. The zero-order valence-corrected chi connectivity index (χ0v) is 13.7. The number of rotatable bonds is 12. The second-order valence-corrected chi connectivity index (χ2v) is 5.66. The van der Waals surface area contributed by atoms with Gasteiger partial charge in [0, 0.05) is 12.5 Å². The minimum absolute atomic E-state index is 0.0964.